The van der Waals surface area contributed by atoms with E-state index in [0.29, 0.717) is 13.0 Å². The highest BCUT2D eigenvalue weighted by Gasteiger charge is 2.06. The van der Waals surface area contributed by atoms with Crippen molar-refractivity contribution in [2.24, 2.45) is 0 Å². The van der Waals surface area contributed by atoms with E-state index in [1.54, 1.807) is 0 Å². The standard InChI is InChI=1S/C14H13BrO2S/c15-11-5-1-2-7-13(11)17-9-3-6-12(16)14-8-4-10-18-14/h1-2,4-5,7-8,10H,3,6,9H2. The molecule has 0 unspecified atom stereocenters. The quantitative estimate of drug-likeness (QED) is 0.575. The van der Waals surface area contributed by atoms with E-state index in [1.165, 1.54) is 11.3 Å². The van der Waals surface area contributed by atoms with E-state index in [2.05, 4.69) is 15.9 Å². The van der Waals surface area contributed by atoms with Crippen LogP contribution in [0.3, 0.4) is 0 Å². The first-order valence-corrected chi connectivity index (χ1v) is 7.38. The van der Waals surface area contributed by atoms with E-state index < -0.39 is 0 Å². The molecule has 1 heterocycles. The Labute approximate surface area is 119 Å². The Kier molecular flexibility index (Phi) is 4.96. The summed E-state index contributed by atoms with van der Waals surface area (Å²) < 4.78 is 6.55. The van der Waals surface area contributed by atoms with Gasteiger partial charge in [0.2, 0.25) is 0 Å². The number of carbonyl (C=O) groups is 1. The molecule has 2 rings (SSSR count). The van der Waals surface area contributed by atoms with Crippen molar-refractivity contribution in [1.82, 2.24) is 0 Å². The summed E-state index contributed by atoms with van der Waals surface area (Å²) in [6.07, 6.45) is 1.27. The molecule has 0 amide bonds. The minimum Gasteiger partial charge on any atom is -0.492 e. The second kappa shape index (κ2) is 6.71. The van der Waals surface area contributed by atoms with E-state index in [-0.39, 0.29) is 5.78 Å². The molecule has 0 atom stereocenters. The van der Waals surface area contributed by atoms with Gasteiger partial charge in [0.15, 0.2) is 5.78 Å². The van der Waals surface area contributed by atoms with Gasteiger partial charge in [-0.25, -0.2) is 0 Å². The van der Waals surface area contributed by atoms with Crippen LogP contribution in [0.15, 0.2) is 46.3 Å². The highest BCUT2D eigenvalue weighted by molar-refractivity contribution is 9.10. The van der Waals surface area contributed by atoms with Gasteiger partial charge in [-0.2, -0.15) is 0 Å². The van der Waals surface area contributed by atoms with Crippen molar-refractivity contribution < 1.29 is 9.53 Å². The fourth-order valence-corrected chi connectivity index (χ4v) is 2.63. The Morgan fingerprint density at radius 3 is 2.78 bits per heavy atom. The maximum atomic E-state index is 11.7. The van der Waals surface area contributed by atoms with Gasteiger partial charge in [0.25, 0.3) is 0 Å². The lowest BCUT2D eigenvalue weighted by molar-refractivity contribution is 0.0977. The third-order valence-electron chi connectivity index (χ3n) is 2.44. The number of benzene rings is 1. The van der Waals surface area contributed by atoms with Gasteiger partial charge in [0.1, 0.15) is 5.75 Å². The highest BCUT2D eigenvalue weighted by atomic mass is 79.9. The van der Waals surface area contributed by atoms with Gasteiger partial charge in [-0.1, -0.05) is 18.2 Å². The van der Waals surface area contributed by atoms with E-state index in [0.717, 1.165) is 21.5 Å². The number of carbonyl (C=O) groups excluding carboxylic acids is 1. The van der Waals surface area contributed by atoms with Crippen molar-refractivity contribution in [2.45, 2.75) is 12.8 Å². The van der Waals surface area contributed by atoms with E-state index >= 15 is 0 Å². The summed E-state index contributed by atoms with van der Waals surface area (Å²) in [7, 11) is 0. The molecule has 4 heteroatoms. The molecular formula is C14H13BrO2S. The molecule has 0 fully saturated rings. The summed E-state index contributed by atoms with van der Waals surface area (Å²) in [5.74, 6) is 1.02. The van der Waals surface area contributed by atoms with Crippen molar-refractivity contribution in [1.29, 1.82) is 0 Å². The Hall–Kier alpha value is -1.13. The first-order valence-electron chi connectivity index (χ1n) is 5.71. The largest absolute Gasteiger partial charge is 0.492 e. The van der Waals surface area contributed by atoms with E-state index in [4.69, 9.17) is 4.74 Å². The molecule has 0 radical (unpaired) electrons. The first kappa shape index (κ1) is 13.3. The van der Waals surface area contributed by atoms with Gasteiger partial charge in [-0.3, -0.25) is 4.79 Å². The van der Waals surface area contributed by atoms with Crippen molar-refractivity contribution in [2.75, 3.05) is 6.61 Å². The number of ketones is 1. The normalized spacial score (nSPS) is 10.3. The van der Waals surface area contributed by atoms with Gasteiger partial charge in [-0.05, 0) is 45.9 Å². The second-order valence-electron chi connectivity index (χ2n) is 3.78. The van der Waals surface area contributed by atoms with Crippen LogP contribution in [0.25, 0.3) is 0 Å². The van der Waals surface area contributed by atoms with Crippen LogP contribution in [0.4, 0.5) is 0 Å². The molecule has 0 aliphatic rings. The van der Waals surface area contributed by atoms with Crippen LogP contribution in [0, 0.1) is 0 Å². The number of Topliss-reactive ketones (excluding diaryl/α,β-unsaturated/α-hetero) is 1. The van der Waals surface area contributed by atoms with Crippen LogP contribution in [-0.2, 0) is 0 Å². The predicted molar refractivity (Wildman–Crippen MR) is 77.5 cm³/mol. The highest BCUT2D eigenvalue weighted by Crippen LogP contribution is 2.24. The number of halogens is 1. The summed E-state index contributed by atoms with van der Waals surface area (Å²) in [5.41, 5.74) is 0. The Bertz CT molecular complexity index is 508. The van der Waals surface area contributed by atoms with Crippen molar-refractivity contribution in [3.63, 3.8) is 0 Å². The number of rotatable bonds is 6. The van der Waals surface area contributed by atoms with E-state index in [9.17, 15) is 4.79 Å². The fraction of sp³-hybridized carbons (Fsp3) is 0.214. The lowest BCUT2D eigenvalue weighted by Crippen LogP contribution is -2.02. The minimum atomic E-state index is 0.195. The zero-order valence-corrected chi connectivity index (χ0v) is 12.2. The molecule has 0 aliphatic carbocycles. The lowest BCUT2D eigenvalue weighted by Gasteiger charge is -2.07. The molecule has 0 N–H and O–H groups in total. The zero-order chi connectivity index (χ0) is 12.8. The summed E-state index contributed by atoms with van der Waals surface area (Å²) in [6.45, 7) is 0.555. The van der Waals surface area contributed by atoms with Crippen molar-refractivity contribution >= 4 is 33.0 Å². The number of thiophene rings is 1. The Balaban J connectivity index is 1.74. The SMILES string of the molecule is O=C(CCCOc1ccccc1Br)c1cccs1. The van der Waals surface area contributed by atoms with Crippen LogP contribution < -0.4 is 4.74 Å². The molecule has 2 nitrogen and oxygen atoms in total. The molecule has 2 aromatic rings. The summed E-state index contributed by atoms with van der Waals surface area (Å²) in [6, 6.07) is 11.5. The van der Waals surface area contributed by atoms with Crippen LogP contribution in [0.1, 0.15) is 22.5 Å². The average molecular weight is 325 g/mol. The zero-order valence-electron chi connectivity index (χ0n) is 9.77. The third-order valence-corrected chi connectivity index (χ3v) is 4.00. The predicted octanol–water partition coefficient (Wildman–Crippen LogP) is 4.55. The monoisotopic (exact) mass is 324 g/mol. The van der Waals surface area contributed by atoms with Crippen LogP contribution in [0.5, 0.6) is 5.75 Å². The number of para-hydroxylation sites is 1. The molecule has 0 spiro atoms. The van der Waals surface area contributed by atoms with Gasteiger partial charge in [0, 0.05) is 6.42 Å². The van der Waals surface area contributed by atoms with E-state index in [1.807, 2.05) is 41.8 Å². The molecule has 0 saturated heterocycles. The van der Waals surface area contributed by atoms with Crippen LogP contribution in [0.2, 0.25) is 0 Å². The molecule has 0 bridgehead atoms. The van der Waals surface area contributed by atoms with Gasteiger partial charge < -0.3 is 4.74 Å². The third kappa shape index (κ3) is 3.68. The number of hydrogen-bond donors (Lipinski definition) is 0. The minimum absolute atomic E-state index is 0.195. The van der Waals surface area contributed by atoms with Crippen LogP contribution in [-0.4, -0.2) is 12.4 Å². The molecule has 18 heavy (non-hydrogen) atoms. The Morgan fingerprint density at radius 2 is 2.06 bits per heavy atom. The van der Waals surface area contributed by atoms with Gasteiger partial charge in [-0.15, -0.1) is 11.3 Å². The topological polar surface area (TPSA) is 26.3 Å². The lowest BCUT2D eigenvalue weighted by atomic mass is 10.2. The summed E-state index contributed by atoms with van der Waals surface area (Å²) >= 11 is 4.91. The smallest absolute Gasteiger partial charge is 0.172 e. The molecule has 1 aromatic carbocycles. The summed E-state index contributed by atoms with van der Waals surface area (Å²) in [4.78, 5) is 12.6. The maximum Gasteiger partial charge on any atom is 0.172 e. The molecule has 0 aliphatic heterocycles. The van der Waals surface area contributed by atoms with Crippen molar-refractivity contribution in [3.8, 4) is 5.75 Å². The molecular weight excluding hydrogens is 312 g/mol. The van der Waals surface area contributed by atoms with Gasteiger partial charge in [0.05, 0.1) is 16.0 Å². The maximum absolute atomic E-state index is 11.7. The molecule has 94 valence electrons. The molecule has 1 aromatic heterocycles. The number of ether oxygens (including phenoxy) is 1. The number of hydrogen-bond acceptors (Lipinski definition) is 3. The molecule has 0 saturated carbocycles. The Morgan fingerprint density at radius 1 is 1.22 bits per heavy atom. The first-order chi connectivity index (χ1) is 8.77. The van der Waals surface area contributed by atoms with Gasteiger partial charge >= 0.3 is 0 Å². The second-order valence-corrected chi connectivity index (χ2v) is 5.58. The van der Waals surface area contributed by atoms with Crippen LogP contribution >= 0.6 is 27.3 Å². The average Bonchev–Trinajstić information content (AvgIpc) is 2.90. The summed E-state index contributed by atoms with van der Waals surface area (Å²) in [5, 5.41) is 1.92. The fourth-order valence-electron chi connectivity index (χ4n) is 1.54. The van der Waals surface area contributed by atoms with Crippen molar-refractivity contribution in [3.05, 3.63) is 51.1 Å².